The Labute approximate surface area is 91.5 Å². The largest absolute Gasteiger partial charge is 0.468 e. The van der Waals surface area contributed by atoms with Gasteiger partial charge in [-0.05, 0) is 12.8 Å². The number of carbonyl (C=O) groups is 1. The summed E-state index contributed by atoms with van der Waals surface area (Å²) in [5.41, 5.74) is 0. The van der Waals surface area contributed by atoms with E-state index in [-0.39, 0.29) is 12.3 Å². The molecule has 0 amide bonds. The molecule has 6 heteroatoms. The van der Waals surface area contributed by atoms with E-state index in [1.165, 1.54) is 11.4 Å². The lowest BCUT2D eigenvalue weighted by Gasteiger charge is -2.19. The maximum absolute atomic E-state index is 11.7. The maximum atomic E-state index is 11.7. The third-order valence-corrected chi connectivity index (χ3v) is 3.88. The highest BCUT2D eigenvalue weighted by Gasteiger charge is 2.22. The third kappa shape index (κ3) is 5.13. The van der Waals surface area contributed by atoms with Crippen LogP contribution in [0, 0.1) is 0 Å². The number of sulfonamides is 1. The topological polar surface area (TPSA) is 63.7 Å². The van der Waals surface area contributed by atoms with Gasteiger partial charge in [0.05, 0.1) is 12.9 Å². The molecule has 0 saturated heterocycles. The van der Waals surface area contributed by atoms with Crippen LogP contribution in [0.3, 0.4) is 0 Å². The summed E-state index contributed by atoms with van der Waals surface area (Å²) in [6, 6.07) is 0. The molecule has 5 nitrogen and oxygen atoms in total. The lowest BCUT2D eigenvalue weighted by molar-refractivity contribution is -0.140. The Balaban J connectivity index is 4.57. The summed E-state index contributed by atoms with van der Waals surface area (Å²) in [5, 5.41) is 0. The zero-order chi connectivity index (χ0) is 11.9. The Morgan fingerprint density at radius 3 is 2.27 bits per heavy atom. The number of ether oxygens (including phenoxy) is 1. The van der Waals surface area contributed by atoms with Gasteiger partial charge in [-0.2, -0.15) is 4.31 Å². The zero-order valence-corrected chi connectivity index (χ0v) is 10.3. The summed E-state index contributed by atoms with van der Waals surface area (Å²) in [7, 11) is -2.06. The molecule has 0 aliphatic heterocycles. The molecular formula is C9H19NO4S. The molecule has 0 aromatic carbocycles. The van der Waals surface area contributed by atoms with E-state index in [0.717, 1.165) is 0 Å². The number of esters is 1. The molecule has 0 bridgehead atoms. The van der Waals surface area contributed by atoms with Crippen molar-refractivity contribution in [3.05, 3.63) is 0 Å². The summed E-state index contributed by atoms with van der Waals surface area (Å²) in [4.78, 5) is 11.0. The normalized spacial score (nSPS) is 11.7. The maximum Gasteiger partial charge on any atom is 0.321 e. The molecule has 0 spiro atoms. The second kappa shape index (κ2) is 6.79. The van der Waals surface area contributed by atoms with E-state index in [0.29, 0.717) is 19.4 Å². The van der Waals surface area contributed by atoms with Crippen molar-refractivity contribution in [1.29, 1.82) is 0 Å². The van der Waals surface area contributed by atoms with E-state index < -0.39 is 16.0 Å². The van der Waals surface area contributed by atoms with Crippen molar-refractivity contribution in [2.45, 2.75) is 26.7 Å². The Hall–Kier alpha value is -0.620. The van der Waals surface area contributed by atoms with Gasteiger partial charge in [-0.3, -0.25) is 4.79 Å². The lowest BCUT2D eigenvalue weighted by atomic mass is 10.5. The third-order valence-electron chi connectivity index (χ3n) is 1.86. The minimum Gasteiger partial charge on any atom is -0.468 e. The number of hydrogen-bond acceptors (Lipinski definition) is 4. The molecular weight excluding hydrogens is 218 g/mol. The molecule has 0 unspecified atom stereocenters. The molecule has 0 aromatic heterocycles. The first-order valence-corrected chi connectivity index (χ1v) is 6.63. The van der Waals surface area contributed by atoms with Crippen LogP contribution in [0.4, 0.5) is 0 Å². The Morgan fingerprint density at radius 1 is 1.27 bits per heavy atom. The van der Waals surface area contributed by atoms with Gasteiger partial charge in [0.15, 0.2) is 0 Å². The summed E-state index contributed by atoms with van der Waals surface area (Å²) in [6.45, 7) is 3.83. The highest BCUT2D eigenvalue weighted by Crippen LogP contribution is 2.04. The average Bonchev–Trinajstić information content (AvgIpc) is 2.16. The monoisotopic (exact) mass is 237 g/mol. The molecule has 15 heavy (non-hydrogen) atoms. The molecule has 0 saturated carbocycles. The smallest absolute Gasteiger partial charge is 0.321 e. The molecule has 0 heterocycles. The second-order valence-corrected chi connectivity index (χ2v) is 5.31. The molecule has 90 valence electrons. The molecule has 0 rings (SSSR count). The lowest BCUT2D eigenvalue weighted by Crippen LogP contribution is -2.38. The predicted molar refractivity (Wildman–Crippen MR) is 58.0 cm³/mol. The van der Waals surface area contributed by atoms with Crippen LogP contribution in [0.5, 0.6) is 0 Å². The van der Waals surface area contributed by atoms with Crippen molar-refractivity contribution in [2.24, 2.45) is 0 Å². The van der Waals surface area contributed by atoms with Gasteiger partial charge >= 0.3 is 5.97 Å². The van der Waals surface area contributed by atoms with Crippen molar-refractivity contribution in [3.63, 3.8) is 0 Å². The van der Waals surface area contributed by atoms with Crippen LogP contribution in [0.15, 0.2) is 0 Å². The van der Waals surface area contributed by atoms with Crippen molar-refractivity contribution >= 4 is 16.0 Å². The van der Waals surface area contributed by atoms with Crippen LogP contribution >= 0.6 is 0 Å². The average molecular weight is 237 g/mol. The fourth-order valence-corrected chi connectivity index (χ4v) is 2.70. The standard InChI is InChI=1S/C9H19NO4S/c1-4-6-10(8-9(11)14-3)15(12,13)7-5-2/h4-8H2,1-3H3. The van der Waals surface area contributed by atoms with Crippen LogP contribution in [0.1, 0.15) is 26.7 Å². The van der Waals surface area contributed by atoms with Crippen molar-refractivity contribution in [3.8, 4) is 0 Å². The first-order valence-electron chi connectivity index (χ1n) is 5.02. The first-order chi connectivity index (χ1) is 6.97. The summed E-state index contributed by atoms with van der Waals surface area (Å²) in [6.07, 6.45) is 1.23. The van der Waals surface area contributed by atoms with Crippen molar-refractivity contribution in [1.82, 2.24) is 4.31 Å². The van der Waals surface area contributed by atoms with Gasteiger partial charge in [-0.15, -0.1) is 0 Å². The molecule has 0 radical (unpaired) electrons. The number of methoxy groups -OCH3 is 1. The van der Waals surface area contributed by atoms with Crippen molar-refractivity contribution < 1.29 is 17.9 Å². The van der Waals surface area contributed by atoms with Crippen LogP contribution in [-0.2, 0) is 19.6 Å². The Morgan fingerprint density at radius 2 is 1.87 bits per heavy atom. The fraction of sp³-hybridized carbons (Fsp3) is 0.889. The SMILES string of the molecule is CCCN(CC(=O)OC)S(=O)(=O)CCC. The molecule has 0 aromatic rings. The van der Waals surface area contributed by atoms with Gasteiger partial charge in [0.1, 0.15) is 6.54 Å². The summed E-state index contributed by atoms with van der Waals surface area (Å²) >= 11 is 0. The molecule has 0 aliphatic rings. The highest BCUT2D eigenvalue weighted by atomic mass is 32.2. The van der Waals surface area contributed by atoms with Gasteiger partial charge in [0.25, 0.3) is 0 Å². The van der Waals surface area contributed by atoms with Crippen LogP contribution in [0.25, 0.3) is 0 Å². The number of carbonyl (C=O) groups excluding carboxylic acids is 1. The van der Waals surface area contributed by atoms with Gasteiger partial charge in [0, 0.05) is 6.54 Å². The molecule has 0 N–H and O–H groups in total. The molecule has 0 aliphatic carbocycles. The summed E-state index contributed by atoms with van der Waals surface area (Å²) < 4.78 is 29.0. The minimum absolute atomic E-state index is 0.0734. The number of rotatable bonds is 7. The Bertz CT molecular complexity index is 286. The van der Waals surface area contributed by atoms with Crippen LogP contribution < -0.4 is 0 Å². The number of nitrogens with zero attached hydrogens (tertiary/aromatic N) is 1. The Kier molecular flexibility index (Phi) is 6.51. The molecule has 0 fully saturated rings. The number of hydrogen-bond donors (Lipinski definition) is 0. The van der Waals surface area contributed by atoms with Gasteiger partial charge in [-0.1, -0.05) is 13.8 Å². The quantitative estimate of drug-likeness (QED) is 0.609. The fourth-order valence-electron chi connectivity index (χ4n) is 1.16. The van der Waals surface area contributed by atoms with E-state index >= 15 is 0 Å². The van der Waals surface area contributed by atoms with E-state index in [1.807, 2.05) is 6.92 Å². The van der Waals surface area contributed by atoms with Crippen LogP contribution in [-0.4, -0.2) is 44.6 Å². The van der Waals surface area contributed by atoms with E-state index in [1.54, 1.807) is 6.92 Å². The van der Waals surface area contributed by atoms with Gasteiger partial charge in [0.2, 0.25) is 10.0 Å². The van der Waals surface area contributed by atoms with E-state index in [2.05, 4.69) is 4.74 Å². The highest BCUT2D eigenvalue weighted by molar-refractivity contribution is 7.89. The first kappa shape index (κ1) is 14.4. The minimum atomic E-state index is -3.31. The van der Waals surface area contributed by atoms with Gasteiger partial charge in [-0.25, -0.2) is 8.42 Å². The van der Waals surface area contributed by atoms with Gasteiger partial charge < -0.3 is 4.74 Å². The molecule has 0 atom stereocenters. The predicted octanol–water partition coefficient (Wildman–Crippen LogP) is 0.611. The van der Waals surface area contributed by atoms with Crippen molar-refractivity contribution in [2.75, 3.05) is 26.0 Å². The van der Waals surface area contributed by atoms with Crippen LogP contribution in [0.2, 0.25) is 0 Å². The van der Waals surface area contributed by atoms with E-state index in [9.17, 15) is 13.2 Å². The zero-order valence-electron chi connectivity index (χ0n) is 9.52. The second-order valence-electron chi connectivity index (χ2n) is 3.23. The van der Waals surface area contributed by atoms with E-state index in [4.69, 9.17) is 0 Å². The summed E-state index contributed by atoms with van der Waals surface area (Å²) in [5.74, 6) is -0.451.